The Balaban J connectivity index is 1.50. The first-order chi connectivity index (χ1) is 14.7. The first-order valence-corrected chi connectivity index (χ1v) is 9.36. The molecule has 1 aromatic carbocycles. The number of aromatic nitrogens is 2. The Hall–Kier alpha value is -3.69. The van der Waals surface area contributed by atoms with E-state index in [0.29, 0.717) is 35.9 Å². The largest absolute Gasteiger partial charge is 0.439 e. The number of carbonyl (C=O) groups is 2. The fraction of sp³-hybridized carbons (Fsp3) is 0.238. The zero-order chi connectivity index (χ0) is 22.2. The molecular formula is C21H17F3N4O3. The van der Waals surface area contributed by atoms with E-state index in [9.17, 15) is 22.8 Å². The second-order valence-electron chi connectivity index (χ2n) is 7.08. The van der Waals surface area contributed by atoms with Crippen molar-refractivity contribution in [3.8, 4) is 11.6 Å². The van der Waals surface area contributed by atoms with E-state index >= 15 is 0 Å². The number of fused-ring (bicyclic) bond motifs is 1. The van der Waals surface area contributed by atoms with Crippen LogP contribution in [0.3, 0.4) is 0 Å². The molecule has 160 valence electrons. The summed E-state index contributed by atoms with van der Waals surface area (Å²) in [6.07, 6.45) is -3.76. The van der Waals surface area contributed by atoms with Crippen LogP contribution in [0.25, 0.3) is 10.9 Å². The minimum atomic E-state index is -4.47. The van der Waals surface area contributed by atoms with Crippen molar-refractivity contribution >= 4 is 22.7 Å². The second-order valence-corrected chi connectivity index (χ2v) is 7.08. The molecule has 0 atom stereocenters. The van der Waals surface area contributed by atoms with Gasteiger partial charge in [0.1, 0.15) is 18.0 Å². The van der Waals surface area contributed by atoms with Crippen LogP contribution in [0.2, 0.25) is 0 Å². The van der Waals surface area contributed by atoms with Crippen molar-refractivity contribution in [2.75, 3.05) is 26.7 Å². The minimum Gasteiger partial charge on any atom is -0.439 e. The molecule has 1 saturated heterocycles. The maximum absolute atomic E-state index is 12.7. The topological polar surface area (TPSA) is 75.6 Å². The smallest absolute Gasteiger partial charge is 0.417 e. The lowest BCUT2D eigenvalue weighted by Crippen LogP contribution is -2.50. The molecule has 2 aromatic heterocycles. The van der Waals surface area contributed by atoms with Gasteiger partial charge in [-0.05, 0) is 30.3 Å². The number of hydrogen-bond acceptors (Lipinski definition) is 5. The molecule has 3 heterocycles. The summed E-state index contributed by atoms with van der Waals surface area (Å²) < 4.78 is 43.4. The Morgan fingerprint density at radius 3 is 2.58 bits per heavy atom. The molecular weight excluding hydrogens is 413 g/mol. The molecule has 0 radical (unpaired) electrons. The fourth-order valence-corrected chi connectivity index (χ4v) is 3.11. The molecule has 1 aliphatic heterocycles. The predicted molar refractivity (Wildman–Crippen MR) is 105 cm³/mol. The van der Waals surface area contributed by atoms with Gasteiger partial charge in [0.05, 0.1) is 11.1 Å². The number of nitrogens with zero attached hydrogens (tertiary/aromatic N) is 4. The average molecular weight is 430 g/mol. The van der Waals surface area contributed by atoms with Crippen LogP contribution in [0, 0.1) is 0 Å². The van der Waals surface area contributed by atoms with E-state index in [2.05, 4.69) is 9.97 Å². The van der Waals surface area contributed by atoms with Crippen molar-refractivity contribution < 1.29 is 27.5 Å². The van der Waals surface area contributed by atoms with Crippen molar-refractivity contribution in [2.24, 2.45) is 0 Å². The third-order valence-corrected chi connectivity index (χ3v) is 4.91. The van der Waals surface area contributed by atoms with Crippen LogP contribution in [-0.2, 0) is 11.0 Å². The summed E-state index contributed by atoms with van der Waals surface area (Å²) in [6, 6.07) is 10.2. The number of halogens is 3. The number of hydrogen-bond donors (Lipinski definition) is 0. The molecule has 0 aliphatic carbocycles. The standard InChI is InChI=1S/C21H17F3N4O3/c1-27-8-9-28(12-19(27)29)20(30)17-5-2-13-10-15(4-6-16(13)26-17)31-18-7-3-14(11-25-18)21(22,23)24/h2-7,10-11H,8-9,12H2,1H3. The van der Waals surface area contributed by atoms with E-state index in [0.717, 1.165) is 12.1 Å². The van der Waals surface area contributed by atoms with Crippen LogP contribution in [0.5, 0.6) is 11.6 Å². The van der Waals surface area contributed by atoms with Gasteiger partial charge >= 0.3 is 6.18 Å². The van der Waals surface area contributed by atoms with Crippen molar-refractivity contribution in [2.45, 2.75) is 6.18 Å². The quantitative estimate of drug-likeness (QED) is 0.637. The Labute approximate surface area is 175 Å². The van der Waals surface area contributed by atoms with E-state index in [1.54, 1.807) is 42.3 Å². The van der Waals surface area contributed by atoms with Crippen LogP contribution in [-0.4, -0.2) is 58.3 Å². The van der Waals surface area contributed by atoms with Gasteiger partial charge in [0, 0.05) is 37.8 Å². The van der Waals surface area contributed by atoms with Crippen LogP contribution in [0.4, 0.5) is 13.2 Å². The molecule has 3 aromatic rings. The molecule has 0 spiro atoms. The number of pyridine rings is 2. The van der Waals surface area contributed by atoms with E-state index in [-0.39, 0.29) is 29.9 Å². The Kier molecular flexibility index (Phi) is 5.22. The van der Waals surface area contributed by atoms with E-state index in [1.807, 2.05) is 0 Å². The molecule has 10 heteroatoms. The number of amides is 2. The number of benzene rings is 1. The highest BCUT2D eigenvalue weighted by Crippen LogP contribution is 2.30. The summed E-state index contributed by atoms with van der Waals surface area (Å²) in [5, 5.41) is 0.676. The van der Waals surface area contributed by atoms with Gasteiger partial charge in [-0.2, -0.15) is 13.2 Å². The summed E-state index contributed by atoms with van der Waals surface area (Å²) in [6.45, 7) is 0.923. The highest BCUT2D eigenvalue weighted by molar-refractivity contribution is 5.97. The van der Waals surface area contributed by atoms with E-state index in [4.69, 9.17) is 4.74 Å². The maximum Gasteiger partial charge on any atom is 0.417 e. The normalized spacial score (nSPS) is 14.8. The van der Waals surface area contributed by atoms with Crippen molar-refractivity contribution in [3.05, 3.63) is 59.9 Å². The number of carbonyl (C=O) groups excluding carboxylic acids is 2. The Bertz CT molecular complexity index is 1150. The second kappa shape index (κ2) is 7.86. The summed E-state index contributed by atoms with van der Waals surface area (Å²) in [4.78, 5) is 35.6. The molecule has 2 amide bonds. The monoisotopic (exact) mass is 430 g/mol. The van der Waals surface area contributed by atoms with E-state index in [1.165, 1.54) is 4.90 Å². The first-order valence-electron chi connectivity index (χ1n) is 9.36. The molecule has 0 saturated carbocycles. The Morgan fingerprint density at radius 2 is 1.90 bits per heavy atom. The number of piperazine rings is 1. The number of alkyl halides is 3. The third-order valence-electron chi connectivity index (χ3n) is 4.91. The lowest BCUT2D eigenvalue weighted by Gasteiger charge is -2.31. The first kappa shape index (κ1) is 20.6. The van der Waals surface area contributed by atoms with Crippen LogP contribution in [0.15, 0.2) is 48.7 Å². The molecule has 7 nitrogen and oxygen atoms in total. The Morgan fingerprint density at radius 1 is 1.10 bits per heavy atom. The van der Waals surface area contributed by atoms with Crippen molar-refractivity contribution in [1.29, 1.82) is 0 Å². The van der Waals surface area contributed by atoms with Gasteiger partial charge < -0.3 is 14.5 Å². The van der Waals surface area contributed by atoms with E-state index < -0.39 is 11.7 Å². The molecule has 31 heavy (non-hydrogen) atoms. The lowest BCUT2D eigenvalue weighted by molar-refractivity contribution is -0.138. The fourth-order valence-electron chi connectivity index (χ4n) is 3.11. The minimum absolute atomic E-state index is 0.0158. The number of rotatable bonds is 3. The van der Waals surface area contributed by atoms with Gasteiger partial charge in [0.15, 0.2) is 0 Å². The zero-order valence-corrected chi connectivity index (χ0v) is 16.4. The summed E-state index contributed by atoms with van der Waals surface area (Å²) >= 11 is 0. The zero-order valence-electron chi connectivity index (χ0n) is 16.4. The van der Waals surface area contributed by atoms with Gasteiger partial charge in [-0.25, -0.2) is 9.97 Å². The highest BCUT2D eigenvalue weighted by Gasteiger charge is 2.30. The summed E-state index contributed by atoms with van der Waals surface area (Å²) in [5.74, 6) is -0.0613. The van der Waals surface area contributed by atoms with Crippen LogP contribution < -0.4 is 4.74 Å². The molecule has 1 fully saturated rings. The van der Waals surface area contributed by atoms with Gasteiger partial charge in [0.25, 0.3) is 5.91 Å². The molecule has 0 unspecified atom stereocenters. The molecule has 4 rings (SSSR count). The van der Waals surface area contributed by atoms with Gasteiger partial charge in [-0.15, -0.1) is 0 Å². The number of likely N-dealkylation sites (N-methyl/N-ethyl adjacent to an activating group) is 1. The SMILES string of the molecule is CN1CCN(C(=O)c2ccc3cc(Oc4ccc(C(F)(F)F)cn4)ccc3n2)CC1=O. The summed E-state index contributed by atoms with van der Waals surface area (Å²) in [7, 11) is 1.69. The van der Waals surface area contributed by atoms with Gasteiger partial charge in [-0.3, -0.25) is 9.59 Å². The van der Waals surface area contributed by atoms with Crippen molar-refractivity contribution in [1.82, 2.24) is 19.8 Å². The molecule has 1 aliphatic rings. The van der Waals surface area contributed by atoms with Crippen molar-refractivity contribution in [3.63, 3.8) is 0 Å². The average Bonchev–Trinajstić information content (AvgIpc) is 2.74. The highest BCUT2D eigenvalue weighted by atomic mass is 19.4. The van der Waals surface area contributed by atoms with Gasteiger partial charge in [-0.1, -0.05) is 6.07 Å². The predicted octanol–water partition coefficient (Wildman–Crippen LogP) is 3.36. The molecule has 0 bridgehead atoms. The van der Waals surface area contributed by atoms with Gasteiger partial charge in [0.2, 0.25) is 11.8 Å². The third kappa shape index (κ3) is 4.42. The number of ether oxygens (including phenoxy) is 1. The molecule has 0 N–H and O–H groups in total. The van der Waals surface area contributed by atoms with Crippen LogP contribution in [0.1, 0.15) is 16.1 Å². The lowest BCUT2D eigenvalue weighted by atomic mass is 10.1. The maximum atomic E-state index is 12.7. The summed E-state index contributed by atoms with van der Waals surface area (Å²) in [5.41, 5.74) is -0.0937. The van der Waals surface area contributed by atoms with Crippen LogP contribution >= 0.6 is 0 Å².